The third kappa shape index (κ3) is 3.28. The maximum Gasteiger partial charge on any atom is 0.244 e. The van der Waals surface area contributed by atoms with Crippen molar-refractivity contribution in [3.63, 3.8) is 0 Å². The highest BCUT2D eigenvalue weighted by atomic mass is 32.2. The topological polar surface area (TPSA) is 66.4 Å². The molecule has 106 valence electrons. The summed E-state index contributed by atoms with van der Waals surface area (Å²) in [5.41, 5.74) is 0. The summed E-state index contributed by atoms with van der Waals surface area (Å²) in [6.45, 7) is 4.28. The number of para-hydroxylation sites is 1. The van der Waals surface area contributed by atoms with E-state index in [1.54, 1.807) is 12.1 Å². The maximum atomic E-state index is 12.3. The summed E-state index contributed by atoms with van der Waals surface area (Å²) in [5, 5.41) is 9.66. The van der Waals surface area contributed by atoms with Crippen LogP contribution in [0.25, 0.3) is 0 Å². The molecule has 2 N–H and O–H groups in total. The van der Waals surface area contributed by atoms with Crippen LogP contribution in [0.1, 0.15) is 33.1 Å². The first kappa shape index (κ1) is 14.3. The third-order valence-corrected chi connectivity index (χ3v) is 5.43. The molecule has 5 heteroatoms. The lowest BCUT2D eigenvalue weighted by Gasteiger charge is -2.32. The zero-order valence-corrected chi connectivity index (χ0v) is 12.2. The van der Waals surface area contributed by atoms with Crippen molar-refractivity contribution < 1.29 is 13.5 Å². The minimum atomic E-state index is -3.64. The summed E-state index contributed by atoms with van der Waals surface area (Å²) >= 11 is 0. The Morgan fingerprint density at radius 3 is 2.53 bits per heavy atom. The smallest absolute Gasteiger partial charge is 0.244 e. The van der Waals surface area contributed by atoms with Crippen molar-refractivity contribution in [2.45, 2.75) is 44.0 Å². The summed E-state index contributed by atoms with van der Waals surface area (Å²) in [6, 6.07) is 6.00. The number of phenols is 1. The fourth-order valence-corrected chi connectivity index (χ4v) is 4.26. The van der Waals surface area contributed by atoms with E-state index in [0.29, 0.717) is 11.8 Å². The van der Waals surface area contributed by atoms with Gasteiger partial charge in [0.25, 0.3) is 0 Å². The van der Waals surface area contributed by atoms with Crippen molar-refractivity contribution in [1.29, 1.82) is 0 Å². The van der Waals surface area contributed by atoms with Crippen LogP contribution in [0.3, 0.4) is 0 Å². The van der Waals surface area contributed by atoms with Gasteiger partial charge in [-0.15, -0.1) is 0 Å². The molecule has 1 aliphatic rings. The maximum absolute atomic E-state index is 12.3. The van der Waals surface area contributed by atoms with Gasteiger partial charge >= 0.3 is 0 Å². The predicted octanol–water partition coefficient (Wildman–Crippen LogP) is 2.50. The minimum absolute atomic E-state index is 0.0409. The number of rotatable bonds is 3. The van der Waals surface area contributed by atoms with Crippen LogP contribution in [0.4, 0.5) is 0 Å². The Labute approximate surface area is 114 Å². The number of phenolic OH excluding ortho intramolecular Hbond substituents is 1. The molecule has 1 saturated carbocycles. The van der Waals surface area contributed by atoms with Gasteiger partial charge in [0, 0.05) is 6.04 Å². The van der Waals surface area contributed by atoms with Gasteiger partial charge in [-0.05, 0) is 43.2 Å². The number of hydrogen-bond donors (Lipinski definition) is 2. The van der Waals surface area contributed by atoms with E-state index in [1.165, 1.54) is 12.1 Å². The molecule has 0 heterocycles. The summed E-state index contributed by atoms with van der Waals surface area (Å²) in [6.07, 6.45) is 2.93. The van der Waals surface area contributed by atoms with Gasteiger partial charge in [-0.1, -0.05) is 26.0 Å². The number of benzene rings is 1. The molecule has 3 atom stereocenters. The van der Waals surface area contributed by atoms with Crippen LogP contribution >= 0.6 is 0 Å². The molecule has 4 nitrogen and oxygen atoms in total. The minimum Gasteiger partial charge on any atom is -0.507 e. The zero-order valence-electron chi connectivity index (χ0n) is 11.3. The molecular weight excluding hydrogens is 262 g/mol. The predicted molar refractivity (Wildman–Crippen MR) is 74.4 cm³/mol. The second-order valence-corrected chi connectivity index (χ2v) is 7.27. The van der Waals surface area contributed by atoms with Crippen LogP contribution in [0.5, 0.6) is 5.75 Å². The Balaban J connectivity index is 2.16. The van der Waals surface area contributed by atoms with E-state index in [-0.39, 0.29) is 16.7 Å². The van der Waals surface area contributed by atoms with Gasteiger partial charge in [0.2, 0.25) is 10.0 Å². The zero-order chi connectivity index (χ0) is 14.0. The summed E-state index contributed by atoms with van der Waals surface area (Å²) < 4.78 is 27.3. The molecule has 1 aromatic rings. The molecule has 2 rings (SSSR count). The molecular formula is C14H21NO3S. The van der Waals surface area contributed by atoms with Gasteiger partial charge < -0.3 is 5.11 Å². The van der Waals surface area contributed by atoms with Gasteiger partial charge in [-0.3, -0.25) is 0 Å². The Bertz CT molecular complexity index is 541. The van der Waals surface area contributed by atoms with Gasteiger partial charge in [0.1, 0.15) is 10.6 Å². The van der Waals surface area contributed by atoms with Crippen molar-refractivity contribution in [2.75, 3.05) is 0 Å². The van der Waals surface area contributed by atoms with Gasteiger partial charge in [0.15, 0.2) is 0 Å². The van der Waals surface area contributed by atoms with E-state index in [2.05, 4.69) is 18.6 Å². The lowest BCUT2D eigenvalue weighted by molar-refractivity contribution is 0.249. The Morgan fingerprint density at radius 1 is 1.21 bits per heavy atom. The normalized spacial score (nSPS) is 28.2. The summed E-state index contributed by atoms with van der Waals surface area (Å²) in [5.74, 6) is 0.775. The Morgan fingerprint density at radius 2 is 1.89 bits per heavy atom. The molecule has 0 amide bonds. The third-order valence-electron chi connectivity index (χ3n) is 3.89. The molecule has 0 saturated heterocycles. The first-order valence-electron chi connectivity index (χ1n) is 6.70. The molecule has 3 unspecified atom stereocenters. The van der Waals surface area contributed by atoms with Crippen molar-refractivity contribution in [3.05, 3.63) is 24.3 Å². The molecule has 0 radical (unpaired) electrons. The van der Waals surface area contributed by atoms with E-state index in [1.807, 2.05) is 0 Å². The van der Waals surface area contributed by atoms with E-state index >= 15 is 0 Å². The number of sulfonamides is 1. The number of hydrogen-bond acceptors (Lipinski definition) is 3. The van der Waals surface area contributed by atoms with Crippen molar-refractivity contribution in [3.8, 4) is 5.75 Å². The average molecular weight is 283 g/mol. The van der Waals surface area contributed by atoms with E-state index in [4.69, 9.17) is 0 Å². The van der Waals surface area contributed by atoms with Crippen LogP contribution in [0.2, 0.25) is 0 Å². The van der Waals surface area contributed by atoms with Gasteiger partial charge in [-0.25, -0.2) is 13.1 Å². The Hall–Kier alpha value is -1.07. The van der Waals surface area contributed by atoms with Gasteiger partial charge in [-0.2, -0.15) is 0 Å². The van der Waals surface area contributed by atoms with Crippen LogP contribution in [0.15, 0.2) is 29.2 Å². The highest BCUT2D eigenvalue weighted by molar-refractivity contribution is 7.89. The largest absolute Gasteiger partial charge is 0.507 e. The molecule has 1 aliphatic carbocycles. The fraction of sp³-hybridized carbons (Fsp3) is 0.571. The van der Waals surface area contributed by atoms with Crippen molar-refractivity contribution in [2.24, 2.45) is 11.8 Å². The number of aromatic hydroxyl groups is 1. The molecule has 0 bridgehead atoms. The average Bonchev–Trinajstić information content (AvgIpc) is 2.33. The number of nitrogens with one attached hydrogen (secondary N) is 1. The van der Waals surface area contributed by atoms with Crippen molar-refractivity contribution in [1.82, 2.24) is 4.72 Å². The van der Waals surface area contributed by atoms with Gasteiger partial charge in [0.05, 0.1) is 0 Å². The van der Waals surface area contributed by atoms with E-state index in [0.717, 1.165) is 19.3 Å². The Kier molecular flexibility index (Phi) is 4.16. The summed E-state index contributed by atoms with van der Waals surface area (Å²) in [7, 11) is -3.64. The second-order valence-electron chi connectivity index (χ2n) is 5.59. The molecule has 0 aliphatic heterocycles. The van der Waals surface area contributed by atoms with E-state index in [9.17, 15) is 13.5 Å². The first-order valence-corrected chi connectivity index (χ1v) is 8.19. The fourth-order valence-electron chi connectivity index (χ4n) is 2.79. The lowest BCUT2D eigenvalue weighted by Crippen LogP contribution is -2.42. The van der Waals surface area contributed by atoms with Crippen LogP contribution in [-0.2, 0) is 10.0 Å². The SMILES string of the molecule is CC1CCC(NS(=O)(=O)c2ccccc2O)C(C)C1. The second kappa shape index (κ2) is 5.51. The van der Waals surface area contributed by atoms with Crippen LogP contribution < -0.4 is 4.72 Å². The highest BCUT2D eigenvalue weighted by Gasteiger charge is 2.30. The molecule has 1 fully saturated rings. The van der Waals surface area contributed by atoms with Crippen LogP contribution in [0, 0.1) is 11.8 Å². The monoisotopic (exact) mass is 283 g/mol. The lowest BCUT2D eigenvalue weighted by atomic mass is 9.80. The molecule has 0 aromatic heterocycles. The van der Waals surface area contributed by atoms with E-state index < -0.39 is 10.0 Å². The highest BCUT2D eigenvalue weighted by Crippen LogP contribution is 2.30. The molecule has 1 aromatic carbocycles. The first-order chi connectivity index (χ1) is 8.90. The quantitative estimate of drug-likeness (QED) is 0.895. The van der Waals surface area contributed by atoms with Crippen molar-refractivity contribution >= 4 is 10.0 Å². The summed E-state index contributed by atoms with van der Waals surface area (Å²) in [4.78, 5) is -0.0409. The standard InChI is InChI=1S/C14H21NO3S/c1-10-7-8-12(11(2)9-10)15-19(17,18)14-6-4-3-5-13(14)16/h3-6,10-12,15-16H,7-9H2,1-2H3. The molecule has 0 spiro atoms. The molecule has 19 heavy (non-hydrogen) atoms. The van der Waals surface area contributed by atoms with Crippen LogP contribution in [-0.4, -0.2) is 19.6 Å².